The van der Waals surface area contributed by atoms with Crippen LogP contribution in [0.2, 0.25) is 0 Å². The number of benzene rings is 1. The second kappa shape index (κ2) is 5.99. The van der Waals surface area contributed by atoms with E-state index in [0.29, 0.717) is 12.5 Å². The number of fused-ring (bicyclic) bond motifs is 1. The van der Waals surface area contributed by atoms with Gasteiger partial charge < -0.3 is 10.6 Å². The highest BCUT2D eigenvalue weighted by molar-refractivity contribution is 6.34. The minimum Gasteiger partial charge on any atom is -0.361 e. The first-order valence-electron chi connectivity index (χ1n) is 7.92. The Bertz CT molecular complexity index is 772. The van der Waals surface area contributed by atoms with Crippen LogP contribution >= 0.6 is 0 Å². The Hall–Kier alpha value is -2.43. The van der Waals surface area contributed by atoms with Crippen molar-refractivity contribution in [1.82, 2.24) is 9.88 Å². The number of hydrogen-bond acceptors (Lipinski definition) is 3. The molecule has 1 aliphatic heterocycles. The lowest BCUT2D eigenvalue weighted by atomic mass is 9.89. The predicted octanol–water partition coefficient (Wildman–Crippen LogP) is 2.33. The fraction of sp³-hybridized carbons (Fsp3) is 0.389. The fourth-order valence-electron chi connectivity index (χ4n) is 3.32. The molecule has 2 heterocycles. The average molecular weight is 311 g/mol. The van der Waals surface area contributed by atoms with Crippen LogP contribution in [0.4, 0.5) is 0 Å². The summed E-state index contributed by atoms with van der Waals surface area (Å²) >= 11 is 0. The minimum atomic E-state index is -0.890. The van der Waals surface area contributed by atoms with Crippen molar-refractivity contribution in [1.29, 1.82) is 0 Å². The second-order valence-corrected chi connectivity index (χ2v) is 6.48. The number of nitrogens with zero attached hydrogens (tertiary/aromatic N) is 2. The number of nitrogens with two attached hydrogens (primary N) is 1. The van der Waals surface area contributed by atoms with Gasteiger partial charge in [0.05, 0.1) is 11.6 Å². The van der Waals surface area contributed by atoms with Crippen LogP contribution in [0.15, 0.2) is 30.5 Å². The molecule has 0 unspecified atom stereocenters. The lowest BCUT2D eigenvalue weighted by Crippen LogP contribution is -2.46. The van der Waals surface area contributed by atoms with Crippen molar-refractivity contribution in [3.63, 3.8) is 0 Å². The smallest absolute Gasteiger partial charge is 0.312 e. The van der Waals surface area contributed by atoms with Gasteiger partial charge in [-0.1, -0.05) is 19.1 Å². The standard InChI is InChI=1S/C18H21N3O2/c1-11-3-6-16(21(10-11)18(23)17(19)22)14-5-4-13-7-12(2)9-20-15(13)8-14/h4-5,7-9,11,16H,3,6,10H2,1-2H3,(H2,19,22)/t11-,16+/m0/s1. The lowest BCUT2D eigenvalue weighted by molar-refractivity contribution is -0.147. The van der Waals surface area contributed by atoms with E-state index in [9.17, 15) is 9.59 Å². The van der Waals surface area contributed by atoms with Gasteiger partial charge in [0, 0.05) is 18.1 Å². The van der Waals surface area contributed by atoms with Crippen LogP contribution in [0.1, 0.15) is 36.9 Å². The van der Waals surface area contributed by atoms with Crippen LogP contribution in [0, 0.1) is 12.8 Å². The summed E-state index contributed by atoms with van der Waals surface area (Å²) < 4.78 is 0. The van der Waals surface area contributed by atoms with Crippen molar-refractivity contribution >= 4 is 22.7 Å². The summed E-state index contributed by atoms with van der Waals surface area (Å²) in [7, 11) is 0. The number of aromatic nitrogens is 1. The van der Waals surface area contributed by atoms with Crippen molar-refractivity contribution < 1.29 is 9.59 Å². The fourth-order valence-corrected chi connectivity index (χ4v) is 3.32. The zero-order valence-corrected chi connectivity index (χ0v) is 13.5. The zero-order valence-electron chi connectivity index (χ0n) is 13.5. The van der Waals surface area contributed by atoms with Crippen molar-refractivity contribution in [2.24, 2.45) is 11.7 Å². The molecule has 0 bridgehead atoms. The molecule has 23 heavy (non-hydrogen) atoms. The number of hydrogen-bond donors (Lipinski definition) is 1. The first-order valence-corrected chi connectivity index (χ1v) is 7.92. The number of rotatable bonds is 1. The topological polar surface area (TPSA) is 76.3 Å². The Kier molecular flexibility index (Phi) is 4.03. The largest absolute Gasteiger partial charge is 0.361 e. The highest BCUT2D eigenvalue weighted by Gasteiger charge is 2.33. The molecule has 1 aliphatic rings. The second-order valence-electron chi connectivity index (χ2n) is 6.48. The average Bonchev–Trinajstić information content (AvgIpc) is 2.53. The summed E-state index contributed by atoms with van der Waals surface area (Å²) in [6.45, 7) is 4.66. The quantitative estimate of drug-likeness (QED) is 0.821. The first kappa shape index (κ1) is 15.5. The van der Waals surface area contributed by atoms with Gasteiger partial charge in [0.2, 0.25) is 0 Å². The summed E-state index contributed by atoms with van der Waals surface area (Å²) in [5.41, 5.74) is 8.24. The molecule has 0 saturated carbocycles. The molecule has 5 heteroatoms. The van der Waals surface area contributed by atoms with Gasteiger partial charge in [-0.3, -0.25) is 14.6 Å². The maximum absolute atomic E-state index is 12.2. The zero-order chi connectivity index (χ0) is 16.6. The Balaban J connectivity index is 1.98. The van der Waals surface area contributed by atoms with Crippen LogP contribution in [0.3, 0.4) is 0 Å². The van der Waals surface area contributed by atoms with Crippen LogP contribution in [-0.4, -0.2) is 28.2 Å². The van der Waals surface area contributed by atoms with E-state index in [4.69, 9.17) is 5.73 Å². The van der Waals surface area contributed by atoms with Gasteiger partial charge in [0.15, 0.2) is 0 Å². The molecular formula is C18H21N3O2. The highest BCUT2D eigenvalue weighted by Crippen LogP contribution is 2.34. The molecule has 2 amide bonds. The Morgan fingerprint density at radius 1 is 1.26 bits per heavy atom. The lowest BCUT2D eigenvalue weighted by Gasteiger charge is -2.38. The molecule has 0 radical (unpaired) electrons. The highest BCUT2D eigenvalue weighted by atomic mass is 16.2. The summed E-state index contributed by atoms with van der Waals surface area (Å²) in [5.74, 6) is -1.12. The number of carbonyl (C=O) groups excluding carboxylic acids is 2. The minimum absolute atomic E-state index is 0.112. The third kappa shape index (κ3) is 3.04. The number of aryl methyl sites for hydroxylation is 1. The molecule has 2 N–H and O–H groups in total. The van der Waals surface area contributed by atoms with Crippen LogP contribution in [0.5, 0.6) is 0 Å². The van der Waals surface area contributed by atoms with Gasteiger partial charge in [0.25, 0.3) is 0 Å². The molecule has 1 aromatic heterocycles. The van der Waals surface area contributed by atoms with Gasteiger partial charge in [0.1, 0.15) is 0 Å². The molecular weight excluding hydrogens is 290 g/mol. The van der Waals surface area contributed by atoms with E-state index in [1.165, 1.54) is 0 Å². The monoisotopic (exact) mass is 311 g/mol. The molecule has 5 nitrogen and oxygen atoms in total. The van der Waals surface area contributed by atoms with E-state index >= 15 is 0 Å². The van der Waals surface area contributed by atoms with Gasteiger partial charge in [-0.15, -0.1) is 0 Å². The van der Waals surface area contributed by atoms with Gasteiger partial charge in [-0.05, 0) is 48.9 Å². The molecule has 2 aromatic rings. The summed E-state index contributed by atoms with van der Waals surface area (Å²) in [6.07, 6.45) is 3.69. The van der Waals surface area contributed by atoms with Gasteiger partial charge in [-0.25, -0.2) is 0 Å². The van der Waals surface area contributed by atoms with Crippen molar-refractivity contribution in [2.45, 2.75) is 32.7 Å². The van der Waals surface area contributed by atoms with Crippen LogP contribution < -0.4 is 5.73 Å². The van der Waals surface area contributed by atoms with Gasteiger partial charge >= 0.3 is 11.8 Å². The number of piperidine rings is 1. The van der Waals surface area contributed by atoms with E-state index in [0.717, 1.165) is 34.9 Å². The molecule has 1 saturated heterocycles. The van der Waals surface area contributed by atoms with Gasteiger partial charge in [-0.2, -0.15) is 0 Å². The summed E-state index contributed by atoms with van der Waals surface area (Å²) in [6, 6.07) is 8.03. The Morgan fingerprint density at radius 3 is 2.78 bits per heavy atom. The number of likely N-dealkylation sites (tertiary alicyclic amines) is 1. The third-order valence-electron chi connectivity index (χ3n) is 4.52. The van der Waals surface area contributed by atoms with E-state index in [2.05, 4.69) is 18.0 Å². The number of primary amides is 1. The van der Waals surface area contributed by atoms with Crippen LogP contribution in [-0.2, 0) is 9.59 Å². The van der Waals surface area contributed by atoms with Crippen LogP contribution in [0.25, 0.3) is 10.9 Å². The molecule has 3 rings (SSSR count). The van der Waals surface area contributed by atoms with Crippen molar-refractivity contribution in [2.75, 3.05) is 6.54 Å². The normalized spacial score (nSPS) is 21.4. The molecule has 1 aromatic carbocycles. The first-order chi connectivity index (χ1) is 11.0. The maximum Gasteiger partial charge on any atom is 0.312 e. The molecule has 0 spiro atoms. The number of pyridine rings is 1. The Morgan fingerprint density at radius 2 is 2.04 bits per heavy atom. The van der Waals surface area contributed by atoms with E-state index < -0.39 is 11.8 Å². The van der Waals surface area contributed by atoms with E-state index in [1.807, 2.05) is 31.3 Å². The van der Waals surface area contributed by atoms with Crippen molar-refractivity contribution in [3.05, 3.63) is 41.6 Å². The number of carbonyl (C=O) groups is 2. The Labute approximate surface area is 135 Å². The molecule has 0 aliphatic carbocycles. The summed E-state index contributed by atoms with van der Waals surface area (Å²) in [5, 5.41) is 1.07. The van der Waals surface area contributed by atoms with E-state index in [1.54, 1.807) is 4.90 Å². The van der Waals surface area contributed by atoms with Crippen molar-refractivity contribution in [3.8, 4) is 0 Å². The summed E-state index contributed by atoms with van der Waals surface area (Å²) in [4.78, 5) is 29.6. The number of amides is 2. The molecule has 2 atom stereocenters. The molecule has 120 valence electrons. The SMILES string of the molecule is Cc1cnc2cc([C@H]3CC[C@H](C)CN3C(=O)C(N)=O)ccc2c1. The van der Waals surface area contributed by atoms with E-state index in [-0.39, 0.29) is 6.04 Å². The third-order valence-corrected chi connectivity index (χ3v) is 4.52. The maximum atomic E-state index is 12.2. The molecule has 1 fully saturated rings. The predicted molar refractivity (Wildman–Crippen MR) is 88.5 cm³/mol.